The van der Waals surface area contributed by atoms with Gasteiger partial charge in [0.2, 0.25) is 0 Å². The van der Waals surface area contributed by atoms with Crippen molar-refractivity contribution in [3.8, 4) is 16.6 Å². The molecule has 0 aliphatic rings. The Balaban J connectivity index is 2.37. The predicted molar refractivity (Wildman–Crippen MR) is 75.2 cm³/mol. The Bertz CT molecular complexity index is 741. The van der Waals surface area contributed by atoms with Crippen LogP contribution in [-0.2, 0) is 6.42 Å². The number of thiophene rings is 1. The number of imidazole rings is 1. The minimum Gasteiger partial charge on any atom is -0.285 e. The first-order valence-electron chi connectivity index (χ1n) is 5.60. The van der Waals surface area contributed by atoms with E-state index in [0.717, 1.165) is 16.3 Å². The molecular formula is C13H11N3S2. The monoisotopic (exact) mass is 273 g/mol. The van der Waals surface area contributed by atoms with E-state index < -0.39 is 0 Å². The number of nitrogens with zero attached hydrogens (tertiary/aromatic N) is 3. The van der Waals surface area contributed by atoms with Crippen molar-refractivity contribution in [1.29, 1.82) is 5.26 Å². The Morgan fingerprint density at radius 3 is 2.94 bits per heavy atom. The minimum atomic E-state index is 0.404. The number of hydrogen-bond acceptors (Lipinski definition) is 4. The number of aromatic nitrogens is 2. The summed E-state index contributed by atoms with van der Waals surface area (Å²) in [5.74, 6) is 0. The van der Waals surface area contributed by atoms with Gasteiger partial charge in [0, 0.05) is 4.88 Å². The molecule has 0 radical (unpaired) electrons. The van der Waals surface area contributed by atoms with Crippen molar-refractivity contribution in [3.05, 3.63) is 33.8 Å². The maximum atomic E-state index is 8.97. The number of rotatable bonds is 2. The smallest absolute Gasteiger partial charge is 0.194 e. The second-order valence-corrected chi connectivity index (χ2v) is 6.21. The first-order chi connectivity index (χ1) is 8.72. The van der Waals surface area contributed by atoms with Crippen molar-refractivity contribution in [2.24, 2.45) is 0 Å². The summed E-state index contributed by atoms with van der Waals surface area (Å²) in [6.07, 6.45) is 0.404. The molecule has 0 bridgehead atoms. The molecule has 3 aromatic heterocycles. The first-order valence-corrected chi connectivity index (χ1v) is 7.30. The topological polar surface area (TPSA) is 41.1 Å². The molecule has 5 heteroatoms. The van der Waals surface area contributed by atoms with Gasteiger partial charge in [0.15, 0.2) is 4.96 Å². The highest BCUT2D eigenvalue weighted by Gasteiger charge is 2.18. The van der Waals surface area contributed by atoms with E-state index >= 15 is 0 Å². The summed E-state index contributed by atoms with van der Waals surface area (Å²) < 4.78 is 2.14. The van der Waals surface area contributed by atoms with Gasteiger partial charge in [-0.15, -0.1) is 22.7 Å². The van der Waals surface area contributed by atoms with Gasteiger partial charge in [0.05, 0.1) is 34.4 Å². The first kappa shape index (κ1) is 11.5. The van der Waals surface area contributed by atoms with Crippen LogP contribution in [0.25, 0.3) is 15.5 Å². The van der Waals surface area contributed by atoms with Gasteiger partial charge in [0.25, 0.3) is 0 Å². The molecule has 0 fully saturated rings. The van der Waals surface area contributed by atoms with E-state index in [1.165, 1.54) is 15.4 Å². The number of aryl methyl sites for hydroxylation is 2. The van der Waals surface area contributed by atoms with Crippen molar-refractivity contribution >= 4 is 27.6 Å². The third kappa shape index (κ3) is 1.57. The van der Waals surface area contributed by atoms with Crippen LogP contribution < -0.4 is 0 Å². The molecule has 90 valence electrons. The van der Waals surface area contributed by atoms with E-state index in [1.807, 2.05) is 6.92 Å². The molecule has 0 N–H and O–H groups in total. The number of fused-ring (bicyclic) bond motifs is 1. The predicted octanol–water partition coefficient (Wildman–Crippen LogP) is 3.81. The van der Waals surface area contributed by atoms with Crippen LogP contribution in [0, 0.1) is 25.2 Å². The maximum absolute atomic E-state index is 8.97. The molecule has 0 aliphatic heterocycles. The lowest BCUT2D eigenvalue weighted by molar-refractivity contribution is 1.05. The Labute approximate surface area is 113 Å². The summed E-state index contributed by atoms with van der Waals surface area (Å²) >= 11 is 3.41. The molecule has 0 spiro atoms. The highest BCUT2D eigenvalue weighted by atomic mass is 32.1. The Hall–Kier alpha value is -1.64. The third-order valence-electron chi connectivity index (χ3n) is 2.94. The van der Waals surface area contributed by atoms with Gasteiger partial charge in [-0.25, -0.2) is 4.98 Å². The quantitative estimate of drug-likeness (QED) is 0.712. The normalized spacial score (nSPS) is 10.9. The van der Waals surface area contributed by atoms with Crippen LogP contribution in [0.1, 0.15) is 16.3 Å². The standard InChI is InChI=1S/C13H11N3S2/c1-8-10(5-6-14)16-12(11-4-3-7-17-11)9(2)18-13(16)15-8/h3-4,7H,5H2,1-2H3. The van der Waals surface area contributed by atoms with Crippen LogP contribution >= 0.6 is 22.7 Å². The van der Waals surface area contributed by atoms with Crippen molar-refractivity contribution in [2.45, 2.75) is 20.3 Å². The van der Waals surface area contributed by atoms with Crippen molar-refractivity contribution < 1.29 is 0 Å². The van der Waals surface area contributed by atoms with Crippen molar-refractivity contribution in [1.82, 2.24) is 9.38 Å². The van der Waals surface area contributed by atoms with Gasteiger partial charge in [-0.05, 0) is 25.3 Å². The molecular weight excluding hydrogens is 262 g/mol. The average Bonchev–Trinajstić information content (AvgIpc) is 2.99. The fourth-order valence-corrected chi connectivity index (χ4v) is 4.08. The van der Waals surface area contributed by atoms with Gasteiger partial charge >= 0.3 is 0 Å². The van der Waals surface area contributed by atoms with Gasteiger partial charge < -0.3 is 0 Å². The van der Waals surface area contributed by atoms with E-state index in [2.05, 4.69) is 39.9 Å². The molecule has 0 aromatic carbocycles. The largest absolute Gasteiger partial charge is 0.285 e. The number of thiazole rings is 1. The maximum Gasteiger partial charge on any atom is 0.194 e. The molecule has 3 rings (SSSR count). The summed E-state index contributed by atoms with van der Waals surface area (Å²) in [7, 11) is 0. The molecule has 3 heterocycles. The lowest BCUT2D eigenvalue weighted by Gasteiger charge is -2.01. The minimum absolute atomic E-state index is 0.404. The van der Waals surface area contributed by atoms with Crippen LogP contribution in [0.4, 0.5) is 0 Å². The molecule has 0 unspecified atom stereocenters. The van der Waals surface area contributed by atoms with E-state index in [0.29, 0.717) is 6.42 Å². The van der Waals surface area contributed by atoms with Crippen molar-refractivity contribution in [2.75, 3.05) is 0 Å². The number of nitriles is 1. The van der Waals surface area contributed by atoms with E-state index in [4.69, 9.17) is 5.26 Å². The van der Waals surface area contributed by atoms with E-state index in [1.54, 1.807) is 22.7 Å². The molecule has 0 atom stereocenters. The molecule has 0 saturated heterocycles. The highest BCUT2D eigenvalue weighted by molar-refractivity contribution is 7.18. The lowest BCUT2D eigenvalue weighted by atomic mass is 10.2. The summed E-state index contributed by atoms with van der Waals surface area (Å²) in [5.41, 5.74) is 3.16. The molecule has 0 saturated carbocycles. The molecule has 0 aliphatic carbocycles. The zero-order valence-electron chi connectivity index (χ0n) is 10.1. The second-order valence-electron chi connectivity index (χ2n) is 4.08. The van der Waals surface area contributed by atoms with Crippen molar-refractivity contribution in [3.63, 3.8) is 0 Å². The highest BCUT2D eigenvalue weighted by Crippen LogP contribution is 2.35. The summed E-state index contributed by atoms with van der Waals surface area (Å²) in [6.45, 7) is 4.08. The average molecular weight is 273 g/mol. The number of hydrogen-bond donors (Lipinski definition) is 0. The van der Waals surface area contributed by atoms with Gasteiger partial charge in [-0.2, -0.15) is 5.26 Å². The second kappa shape index (κ2) is 4.23. The van der Waals surface area contributed by atoms with Gasteiger partial charge in [-0.1, -0.05) is 6.07 Å². The fourth-order valence-electron chi connectivity index (χ4n) is 2.16. The molecule has 0 amide bonds. The van der Waals surface area contributed by atoms with Crippen LogP contribution in [-0.4, -0.2) is 9.38 Å². The molecule has 3 aromatic rings. The Kier molecular flexibility index (Phi) is 2.69. The summed E-state index contributed by atoms with van der Waals surface area (Å²) in [4.78, 5) is 8.02. The van der Waals surface area contributed by atoms with Crippen LogP contribution in [0.2, 0.25) is 0 Å². The van der Waals surface area contributed by atoms with Crippen LogP contribution in [0.15, 0.2) is 17.5 Å². The van der Waals surface area contributed by atoms with Crippen LogP contribution in [0.5, 0.6) is 0 Å². The Morgan fingerprint density at radius 2 is 2.28 bits per heavy atom. The molecule has 18 heavy (non-hydrogen) atoms. The van der Waals surface area contributed by atoms with E-state index in [-0.39, 0.29) is 0 Å². The fraction of sp³-hybridized carbons (Fsp3) is 0.231. The zero-order valence-corrected chi connectivity index (χ0v) is 11.7. The summed E-state index contributed by atoms with van der Waals surface area (Å²) in [5, 5.41) is 11.0. The van der Waals surface area contributed by atoms with Gasteiger partial charge in [-0.3, -0.25) is 4.40 Å². The van der Waals surface area contributed by atoms with Gasteiger partial charge in [0.1, 0.15) is 0 Å². The lowest BCUT2D eigenvalue weighted by Crippen LogP contribution is -1.94. The van der Waals surface area contributed by atoms with E-state index in [9.17, 15) is 0 Å². The zero-order chi connectivity index (χ0) is 12.7. The summed E-state index contributed by atoms with van der Waals surface area (Å²) in [6, 6.07) is 6.40. The Morgan fingerprint density at radius 1 is 1.44 bits per heavy atom. The van der Waals surface area contributed by atoms with Crippen LogP contribution in [0.3, 0.4) is 0 Å². The molecule has 3 nitrogen and oxygen atoms in total. The SMILES string of the molecule is Cc1nc2sc(C)c(-c3cccs3)n2c1CC#N. The third-order valence-corrected chi connectivity index (χ3v) is 4.78.